The number of carbonyl (C=O) groups excluding carboxylic acids is 1. The highest BCUT2D eigenvalue weighted by Gasteiger charge is 2.29. The van der Waals surface area contributed by atoms with E-state index in [4.69, 9.17) is 0 Å². The summed E-state index contributed by atoms with van der Waals surface area (Å²) in [6.07, 6.45) is 4.46. The van der Waals surface area contributed by atoms with Crippen LogP contribution in [0.3, 0.4) is 0 Å². The van der Waals surface area contributed by atoms with E-state index in [0.717, 1.165) is 29.4 Å². The fourth-order valence-electron chi connectivity index (χ4n) is 3.29. The Labute approximate surface area is 162 Å². The Morgan fingerprint density at radius 1 is 1.21 bits per heavy atom. The summed E-state index contributed by atoms with van der Waals surface area (Å²) in [7, 11) is 1.70. The van der Waals surface area contributed by atoms with Crippen molar-refractivity contribution in [1.29, 1.82) is 0 Å². The lowest BCUT2D eigenvalue weighted by Gasteiger charge is -2.13. The first-order valence-electron chi connectivity index (χ1n) is 9.31. The Balaban J connectivity index is 1.78. The number of aliphatic hydroxyl groups is 1. The van der Waals surface area contributed by atoms with Crippen molar-refractivity contribution in [3.63, 3.8) is 0 Å². The molecular weight excluding hydrogens is 356 g/mol. The maximum atomic E-state index is 13.0. The smallest absolute Gasteiger partial charge is 0.258 e. The summed E-state index contributed by atoms with van der Waals surface area (Å²) in [5.74, 6) is 0.517. The van der Waals surface area contributed by atoms with E-state index >= 15 is 0 Å². The molecule has 0 saturated heterocycles. The van der Waals surface area contributed by atoms with Crippen LogP contribution >= 0.6 is 0 Å². The number of aromatic nitrogens is 3. The third-order valence-corrected chi connectivity index (χ3v) is 5.16. The molecule has 1 aliphatic rings. The first kappa shape index (κ1) is 18.3. The van der Waals surface area contributed by atoms with E-state index in [9.17, 15) is 14.7 Å². The van der Waals surface area contributed by atoms with E-state index in [2.05, 4.69) is 15.3 Å². The van der Waals surface area contributed by atoms with Crippen molar-refractivity contribution in [2.75, 3.05) is 5.32 Å². The number of hydrogen-bond donors (Lipinski definition) is 2. The minimum atomic E-state index is -0.666. The largest absolute Gasteiger partial charge is 0.387 e. The van der Waals surface area contributed by atoms with Gasteiger partial charge in [-0.15, -0.1) is 0 Å². The third-order valence-electron chi connectivity index (χ3n) is 5.16. The summed E-state index contributed by atoms with van der Waals surface area (Å²) in [4.78, 5) is 33.6. The van der Waals surface area contributed by atoms with Gasteiger partial charge in [0.05, 0.1) is 17.3 Å². The fourth-order valence-corrected chi connectivity index (χ4v) is 3.29. The Hall–Kier alpha value is -3.06. The van der Waals surface area contributed by atoms with Gasteiger partial charge < -0.3 is 15.0 Å². The summed E-state index contributed by atoms with van der Waals surface area (Å²) >= 11 is 0. The Morgan fingerprint density at radius 3 is 2.61 bits per heavy atom. The van der Waals surface area contributed by atoms with Gasteiger partial charge in [0.15, 0.2) is 0 Å². The maximum Gasteiger partial charge on any atom is 0.258 e. The van der Waals surface area contributed by atoms with Gasteiger partial charge in [-0.3, -0.25) is 14.6 Å². The number of pyridine rings is 3. The molecule has 0 unspecified atom stereocenters. The molecule has 28 heavy (non-hydrogen) atoms. The predicted octanol–water partition coefficient (Wildman–Crippen LogP) is 2.71. The minimum Gasteiger partial charge on any atom is -0.387 e. The minimum absolute atomic E-state index is 0.0200. The molecular formula is C21H22N4O3. The zero-order chi connectivity index (χ0) is 20.0. The van der Waals surface area contributed by atoms with Gasteiger partial charge >= 0.3 is 0 Å². The second-order valence-corrected chi connectivity index (χ2v) is 7.41. The van der Waals surface area contributed by atoms with E-state index in [1.165, 1.54) is 0 Å². The number of aliphatic hydroxyl groups excluding tert-OH is 1. The van der Waals surface area contributed by atoms with Crippen molar-refractivity contribution >= 4 is 22.6 Å². The van der Waals surface area contributed by atoms with Crippen LogP contribution in [0.5, 0.6) is 0 Å². The van der Waals surface area contributed by atoms with Crippen LogP contribution in [-0.2, 0) is 11.8 Å². The second-order valence-electron chi connectivity index (χ2n) is 7.41. The maximum absolute atomic E-state index is 13.0. The molecule has 1 fully saturated rings. The Kier molecular flexibility index (Phi) is 4.47. The number of rotatable bonds is 4. The van der Waals surface area contributed by atoms with Gasteiger partial charge in [-0.25, -0.2) is 4.98 Å². The van der Waals surface area contributed by atoms with Crippen LogP contribution in [0.2, 0.25) is 0 Å². The molecule has 1 saturated carbocycles. The highest BCUT2D eigenvalue weighted by molar-refractivity contribution is 5.95. The Morgan fingerprint density at radius 2 is 1.96 bits per heavy atom. The van der Waals surface area contributed by atoms with Gasteiger partial charge in [0.2, 0.25) is 5.91 Å². The molecule has 0 aliphatic heterocycles. The Bertz CT molecular complexity index is 1150. The standard InChI is InChI=1S/C21H22N4O3/c1-11-6-17(12(2)26)22-10-16(11)15-7-14-9-23-19(24-20(27)13-4-5-13)8-18(14)25(3)21(15)28/h6-10,12-13,26H,4-5H2,1-3H3,(H,23,24,27)/t12-/m0/s1. The van der Waals surface area contributed by atoms with Gasteiger partial charge in [-0.05, 0) is 44.4 Å². The second kappa shape index (κ2) is 6.83. The number of nitrogens with zero attached hydrogens (tertiary/aromatic N) is 3. The molecule has 3 heterocycles. The highest BCUT2D eigenvalue weighted by Crippen LogP contribution is 2.30. The normalized spacial score (nSPS) is 14.9. The molecule has 0 aromatic carbocycles. The summed E-state index contributed by atoms with van der Waals surface area (Å²) in [5.41, 5.74) is 3.21. The molecule has 1 amide bonds. The van der Waals surface area contributed by atoms with Gasteiger partial charge in [0.25, 0.3) is 5.56 Å². The first-order chi connectivity index (χ1) is 13.3. The van der Waals surface area contributed by atoms with Gasteiger partial charge in [-0.1, -0.05) is 0 Å². The average molecular weight is 378 g/mol. The molecule has 0 spiro atoms. The van der Waals surface area contributed by atoms with E-state index in [-0.39, 0.29) is 17.4 Å². The van der Waals surface area contributed by atoms with E-state index in [1.54, 1.807) is 49.1 Å². The van der Waals surface area contributed by atoms with Crippen LogP contribution in [0.1, 0.15) is 37.1 Å². The van der Waals surface area contributed by atoms with Crippen LogP contribution in [0.25, 0.3) is 22.0 Å². The summed E-state index contributed by atoms with van der Waals surface area (Å²) in [6, 6.07) is 5.31. The molecule has 1 atom stereocenters. The summed E-state index contributed by atoms with van der Waals surface area (Å²) < 4.78 is 1.56. The predicted molar refractivity (Wildman–Crippen MR) is 107 cm³/mol. The number of nitrogens with one attached hydrogen (secondary N) is 1. The van der Waals surface area contributed by atoms with Crippen LogP contribution in [0.15, 0.2) is 35.4 Å². The van der Waals surface area contributed by atoms with E-state index < -0.39 is 6.10 Å². The molecule has 144 valence electrons. The highest BCUT2D eigenvalue weighted by atomic mass is 16.3. The van der Waals surface area contributed by atoms with E-state index in [1.807, 2.05) is 6.92 Å². The number of aryl methyl sites for hydroxylation is 2. The van der Waals surface area contributed by atoms with Crippen LogP contribution in [-0.4, -0.2) is 25.5 Å². The SMILES string of the molecule is Cc1cc([C@H](C)O)ncc1-c1cc2cnc(NC(=O)C3CC3)cc2n(C)c1=O. The number of anilines is 1. The molecule has 3 aromatic heterocycles. The van der Waals surface area contributed by atoms with Crippen molar-refractivity contribution in [1.82, 2.24) is 14.5 Å². The average Bonchev–Trinajstić information content (AvgIpc) is 3.50. The van der Waals surface area contributed by atoms with Crippen LogP contribution in [0, 0.1) is 12.8 Å². The molecule has 0 radical (unpaired) electrons. The first-order valence-corrected chi connectivity index (χ1v) is 9.31. The van der Waals surface area contributed by atoms with E-state index in [0.29, 0.717) is 22.6 Å². The van der Waals surface area contributed by atoms with Gasteiger partial charge in [-0.2, -0.15) is 0 Å². The number of fused-ring (bicyclic) bond motifs is 1. The number of amides is 1. The molecule has 2 N–H and O–H groups in total. The summed E-state index contributed by atoms with van der Waals surface area (Å²) in [6.45, 7) is 3.54. The molecule has 1 aliphatic carbocycles. The molecule has 3 aromatic rings. The number of hydrogen-bond acceptors (Lipinski definition) is 5. The number of carbonyl (C=O) groups is 1. The summed E-state index contributed by atoms with van der Waals surface area (Å²) in [5, 5.41) is 13.3. The van der Waals surface area contributed by atoms with Crippen molar-refractivity contribution in [2.45, 2.75) is 32.8 Å². The van der Waals surface area contributed by atoms with Crippen LogP contribution < -0.4 is 10.9 Å². The lowest BCUT2D eigenvalue weighted by atomic mass is 10.0. The zero-order valence-electron chi connectivity index (χ0n) is 16.1. The third kappa shape index (κ3) is 3.29. The molecule has 0 bridgehead atoms. The lowest BCUT2D eigenvalue weighted by molar-refractivity contribution is -0.117. The molecule has 7 nitrogen and oxygen atoms in total. The van der Waals surface area contributed by atoms with Crippen molar-refractivity contribution in [2.24, 2.45) is 13.0 Å². The fraction of sp³-hybridized carbons (Fsp3) is 0.333. The molecule has 7 heteroatoms. The monoisotopic (exact) mass is 378 g/mol. The van der Waals surface area contributed by atoms with Crippen molar-refractivity contribution < 1.29 is 9.90 Å². The van der Waals surface area contributed by atoms with Gasteiger partial charge in [0.1, 0.15) is 5.82 Å². The van der Waals surface area contributed by atoms with Gasteiger partial charge in [0, 0.05) is 47.9 Å². The topological polar surface area (TPSA) is 97.1 Å². The quantitative estimate of drug-likeness (QED) is 0.728. The zero-order valence-corrected chi connectivity index (χ0v) is 16.1. The van der Waals surface area contributed by atoms with Crippen LogP contribution in [0.4, 0.5) is 5.82 Å². The van der Waals surface area contributed by atoms with Crippen molar-refractivity contribution in [3.05, 3.63) is 52.2 Å². The van der Waals surface area contributed by atoms with Crippen molar-refractivity contribution in [3.8, 4) is 11.1 Å². The molecule has 4 rings (SSSR count). The lowest BCUT2D eigenvalue weighted by Crippen LogP contribution is -2.20.